The predicted molar refractivity (Wildman–Crippen MR) is 111 cm³/mol. The lowest BCUT2D eigenvalue weighted by Crippen LogP contribution is -1.99. The van der Waals surface area contributed by atoms with E-state index in [1.54, 1.807) is 0 Å². The van der Waals surface area contributed by atoms with Crippen molar-refractivity contribution in [1.29, 1.82) is 0 Å². The Morgan fingerprint density at radius 2 is 0.450 bits per heavy atom. The molecule has 0 fully saturated rings. The van der Waals surface area contributed by atoms with Gasteiger partial charge in [0.15, 0.2) is 0 Å². The maximum absolute atomic E-state index is 2.00. The van der Waals surface area contributed by atoms with E-state index in [4.69, 9.17) is 0 Å². The molecule has 1 radical (unpaired) electrons. The van der Waals surface area contributed by atoms with E-state index in [1.165, 1.54) is 0 Å². The molecule has 0 aliphatic carbocycles. The number of hydrogen-bond acceptors (Lipinski definition) is 2. The highest BCUT2D eigenvalue weighted by atomic mass is 15.0. The molecule has 2 nitrogen and oxygen atoms in total. The second kappa shape index (κ2) is 126. The van der Waals surface area contributed by atoms with E-state index < -0.39 is 0 Å². The van der Waals surface area contributed by atoms with E-state index in [9.17, 15) is 0 Å². The van der Waals surface area contributed by atoms with Gasteiger partial charge >= 0.3 is 0 Å². The molecule has 0 saturated heterocycles. The Morgan fingerprint density at radius 3 is 0.450 bits per heavy atom. The van der Waals surface area contributed by atoms with Crippen LogP contribution in [0.1, 0.15) is 63.8 Å². The van der Waals surface area contributed by atoms with Crippen molar-refractivity contribution < 1.29 is 0 Å². The first-order valence-electron chi connectivity index (χ1n) is 6.84. The standard InChI is InChI=1S/2C3H9N.C2H6B.3C2H6.3CH4/c2*1-4(2)3;1-3-2;3*1-2;;;/h2*1-3H3;1-2H3;3*1-2H3;3*1H4. The predicted octanol–water partition coefficient (Wildman–Crippen LogP) is 6.13. The van der Waals surface area contributed by atoms with E-state index in [1.807, 2.05) is 115 Å². The minimum absolute atomic E-state index is 0. The van der Waals surface area contributed by atoms with Gasteiger partial charge in [-0.3, -0.25) is 0 Å². The smallest absolute Gasteiger partial charge is 0.102 e. The zero-order valence-corrected chi connectivity index (χ0v) is 15.5. The molecule has 0 amide bonds. The largest absolute Gasteiger partial charge is 0.312 e. The Labute approximate surface area is 137 Å². The van der Waals surface area contributed by atoms with Gasteiger partial charge in [-0.1, -0.05) is 77.5 Å². The number of nitrogens with zero attached hydrogens (tertiary/aromatic N) is 2. The van der Waals surface area contributed by atoms with Crippen LogP contribution in [-0.2, 0) is 0 Å². The Morgan fingerprint density at radius 1 is 0.450 bits per heavy atom. The van der Waals surface area contributed by atoms with Crippen LogP contribution in [0.3, 0.4) is 0 Å². The highest BCUT2D eigenvalue weighted by Gasteiger charge is 1.58. The first kappa shape index (κ1) is 59.7. The molecule has 135 valence electrons. The lowest BCUT2D eigenvalue weighted by atomic mass is 9.88. The van der Waals surface area contributed by atoms with Gasteiger partial charge < -0.3 is 9.80 Å². The van der Waals surface area contributed by atoms with Crippen LogP contribution in [0.5, 0.6) is 0 Å². The van der Waals surface area contributed by atoms with Crippen LogP contribution in [0.2, 0.25) is 13.6 Å². The van der Waals surface area contributed by atoms with Gasteiger partial charge in [-0.25, -0.2) is 0 Å². The van der Waals surface area contributed by atoms with Crippen molar-refractivity contribution in [2.45, 2.75) is 77.5 Å². The molecule has 0 aromatic carbocycles. The monoisotopic (exact) mass is 297 g/mol. The van der Waals surface area contributed by atoms with Crippen molar-refractivity contribution in [2.75, 3.05) is 42.3 Å². The van der Waals surface area contributed by atoms with Gasteiger partial charge in [-0.15, -0.1) is 0 Å². The van der Waals surface area contributed by atoms with Crippen LogP contribution in [0, 0.1) is 0 Å². The molecule has 0 atom stereocenters. The summed E-state index contributed by atoms with van der Waals surface area (Å²) in [4.78, 5) is 4.00. The maximum atomic E-state index is 2.00. The van der Waals surface area contributed by atoms with Gasteiger partial charge in [0, 0.05) is 0 Å². The Hall–Kier alpha value is -0.0151. The van der Waals surface area contributed by atoms with Gasteiger partial charge in [0.2, 0.25) is 0 Å². The van der Waals surface area contributed by atoms with Crippen LogP contribution >= 0.6 is 0 Å². The second-order valence-electron chi connectivity index (χ2n) is 3.26. The first-order chi connectivity index (χ1) is 7.88. The quantitative estimate of drug-likeness (QED) is 0.496. The Bertz CT molecular complexity index is 38.7. The van der Waals surface area contributed by atoms with Crippen molar-refractivity contribution in [1.82, 2.24) is 9.80 Å². The molecule has 0 bridgehead atoms. The van der Waals surface area contributed by atoms with E-state index in [0.29, 0.717) is 0 Å². The highest BCUT2D eigenvalue weighted by Crippen LogP contribution is 1.48. The molecule has 0 rings (SSSR count). The summed E-state index contributed by atoms with van der Waals surface area (Å²) in [6.45, 7) is 16.0. The average molecular weight is 297 g/mol. The summed E-state index contributed by atoms with van der Waals surface area (Å²) in [5, 5.41) is 0. The third kappa shape index (κ3) is 22900000. The molecule has 0 N–H and O–H groups in total. The van der Waals surface area contributed by atoms with E-state index in [0.717, 1.165) is 0 Å². The molecular formula is C17H54BN2. The van der Waals surface area contributed by atoms with Crippen LogP contribution < -0.4 is 0 Å². The molecule has 20 heavy (non-hydrogen) atoms. The molecule has 3 heteroatoms. The highest BCUT2D eigenvalue weighted by molar-refractivity contribution is 6.31. The van der Waals surface area contributed by atoms with Crippen molar-refractivity contribution in [2.24, 2.45) is 0 Å². The van der Waals surface area contributed by atoms with Gasteiger partial charge in [0.25, 0.3) is 0 Å². The second-order valence-corrected chi connectivity index (χ2v) is 3.26. The van der Waals surface area contributed by atoms with E-state index in [2.05, 4.69) is 0 Å². The fourth-order valence-electron chi connectivity index (χ4n) is 0. The zero-order chi connectivity index (χ0) is 15.9. The van der Waals surface area contributed by atoms with Gasteiger partial charge in [0.1, 0.15) is 7.28 Å². The summed E-state index contributed by atoms with van der Waals surface area (Å²) in [5.74, 6) is 0. The third-order valence-electron chi connectivity index (χ3n) is 0. The van der Waals surface area contributed by atoms with Crippen molar-refractivity contribution in [3.8, 4) is 0 Å². The third-order valence-corrected chi connectivity index (χ3v) is 0. The molecule has 0 aromatic rings. The molecular weight excluding hydrogens is 243 g/mol. The fraction of sp³-hybridized carbons (Fsp3) is 1.00. The summed E-state index contributed by atoms with van der Waals surface area (Å²) < 4.78 is 0. The Kier molecular flexibility index (Phi) is 376. The van der Waals surface area contributed by atoms with E-state index in [-0.39, 0.29) is 22.3 Å². The molecule has 0 heterocycles. The van der Waals surface area contributed by atoms with Gasteiger partial charge in [0.05, 0.1) is 0 Å². The number of rotatable bonds is 0. The van der Waals surface area contributed by atoms with Crippen molar-refractivity contribution in [3.05, 3.63) is 0 Å². The van der Waals surface area contributed by atoms with Crippen LogP contribution in [0.25, 0.3) is 0 Å². The summed E-state index contributed by atoms with van der Waals surface area (Å²) in [6.07, 6.45) is 0. The summed E-state index contributed by atoms with van der Waals surface area (Å²) in [6, 6.07) is 0. The SMILES string of the molecule is C.C.C.CC.CC.CC.CN(C)C.CN(C)C.C[B]C. The summed E-state index contributed by atoms with van der Waals surface area (Å²) in [7, 11) is 14.0. The van der Waals surface area contributed by atoms with E-state index >= 15 is 0 Å². The first-order valence-corrected chi connectivity index (χ1v) is 6.84. The minimum Gasteiger partial charge on any atom is -0.312 e. The minimum atomic E-state index is 0. The van der Waals surface area contributed by atoms with Crippen molar-refractivity contribution in [3.63, 3.8) is 0 Å². The number of hydrogen-bond donors (Lipinski definition) is 0. The zero-order valence-electron chi connectivity index (χ0n) is 15.5. The topological polar surface area (TPSA) is 6.48 Å². The average Bonchev–Trinajstić information content (AvgIpc) is 2.25. The molecule has 0 aromatic heterocycles. The lowest BCUT2D eigenvalue weighted by Gasteiger charge is -1.90. The summed E-state index contributed by atoms with van der Waals surface area (Å²) >= 11 is 0. The lowest BCUT2D eigenvalue weighted by molar-refractivity contribution is 0.505. The van der Waals surface area contributed by atoms with Crippen molar-refractivity contribution >= 4 is 7.28 Å². The normalized spacial score (nSPS) is 5.20. The van der Waals surface area contributed by atoms with Gasteiger partial charge in [-0.05, 0) is 42.3 Å². The fourth-order valence-corrected chi connectivity index (χ4v) is 0. The molecule has 0 spiro atoms. The van der Waals surface area contributed by atoms with Crippen LogP contribution in [0.4, 0.5) is 0 Å². The van der Waals surface area contributed by atoms with Gasteiger partial charge in [-0.2, -0.15) is 0 Å². The molecule has 0 saturated carbocycles. The van der Waals surface area contributed by atoms with Crippen LogP contribution in [0.15, 0.2) is 0 Å². The molecule has 0 unspecified atom stereocenters. The maximum Gasteiger partial charge on any atom is 0.102 e. The summed E-state index contributed by atoms with van der Waals surface area (Å²) in [5.41, 5.74) is 0. The van der Waals surface area contributed by atoms with Crippen LogP contribution in [-0.4, -0.2) is 59.4 Å². The molecule has 0 aliphatic rings. The Balaban J connectivity index is -0.0000000104. The molecule has 0 aliphatic heterocycles.